The van der Waals surface area contributed by atoms with Crippen LogP contribution in [0.1, 0.15) is 12.8 Å². The summed E-state index contributed by atoms with van der Waals surface area (Å²) in [5.74, 6) is 2.67. The summed E-state index contributed by atoms with van der Waals surface area (Å²) in [6, 6.07) is 3.83. The number of nitrogens with one attached hydrogen (secondary N) is 1. The van der Waals surface area contributed by atoms with E-state index in [1.165, 1.54) is 12.8 Å². The van der Waals surface area contributed by atoms with Gasteiger partial charge in [-0.05, 0) is 30.9 Å². The SMILES string of the molecule is COc1cc(-c2cn[nH]c2N)c(Br)cc1OCC1CC1. The summed E-state index contributed by atoms with van der Waals surface area (Å²) in [5, 5.41) is 6.67. The average Bonchev–Trinajstić information content (AvgIpc) is 3.18. The van der Waals surface area contributed by atoms with E-state index in [0.29, 0.717) is 17.5 Å². The molecule has 0 atom stereocenters. The molecule has 1 heterocycles. The maximum absolute atomic E-state index is 5.87. The van der Waals surface area contributed by atoms with E-state index < -0.39 is 0 Å². The lowest BCUT2D eigenvalue weighted by Crippen LogP contribution is -2.01. The van der Waals surface area contributed by atoms with Gasteiger partial charge in [-0.3, -0.25) is 5.10 Å². The largest absolute Gasteiger partial charge is 0.493 e. The number of hydrogen-bond donors (Lipinski definition) is 2. The molecule has 1 aliphatic carbocycles. The Balaban J connectivity index is 1.94. The van der Waals surface area contributed by atoms with Crippen molar-refractivity contribution in [2.45, 2.75) is 12.8 Å². The third-order valence-corrected chi connectivity index (χ3v) is 4.04. The highest BCUT2D eigenvalue weighted by Crippen LogP contribution is 2.40. The predicted octanol–water partition coefficient (Wildman–Crippen LogP) is 3.22. The first-order valence-electron chi connectivity index (χ1n) is 6.48. The molecule has 0 radical (unpaired) electrons. The van der Waals surface area contributed by atoms with Gasteiger partial charge in [-0.25, -0.2) is 0 Å². The van der Waals surface area contributed by atoms with Crippen LogP contribution in [0.4, 0.5) is 5.82 Å². The Morgan fingerprint density at radius 3 is 2.75 bits per heavy atom. The van der Waals surface area contributed by atoms with Gasteiger partial charge in [-0.1, -0.05) is 15.9 Å². The molecule has 6 heteroatoms. The molecule has 0 amide bonds. The van der Waals surface area contributed by atoms with E-state index >= 15 is 0 Å². The molecular formula is C14H16BrN3O2. The number of methoxy groups -OCH3 is 1. The lowest BCUT2D eigenvalue weighted by molar-refractivity contribution is 0.280. The molecule has 2 aromatic rings. The second-order valence-corrected chi connectivity index (χ2v) is 5.79. The van der Waals surface area contributed by atoms with E-state index in [1.54, 1.807) is 13.3 Å². The molecule has 0 saturated heterocycles. The summed E-state index contributed by atoms with van der Waals surface area (Å²) >= 11 is 3.56. The Kier molecular flexibility index (Phi) is 3.56. The zero-order chi connectivity index (χ0) is 14.1. The van der Waals surface area contributed by atoms with E-state index in [-0.39, 0.29) is 0 Å². The Bertz CT molecular complexity index is 623. The third-order valence-electron chi connectivity index (χ3n) is 3.38. The van der Waals surface area contributed by atoms with Crippen LogP contribution in [0.2, 0.25) is 0 Å². The number of nitrogen functional groups attached to an aromatic ring is 1. The summed E-state index contributed by atoms with van der Waals surface area (Å²) < 4.78 is 12.1. The average molecular weight is 338 g/mol. The van der Waals surface area contributed by atoms with E-state index in [9.17, 15) is 0 Å². The molecule has 20 heavy (non-hydrogen) atoms. The van der Waals surface area contributed by atoms with Crippen molar-refractivity contribution in [2.24, 2.45) is 5.92 Å². The van der Waals surface area contributed by atoms with Crippen molar-refractivity contribution in [3.63, 3.8) is 0 Å². The minimum atomic E-state index is 0.527. The molecule has 1 aromatic heterocycles. The summed E-state index contributed by atoms with van der Waals surface area (Å²) in [6.45, 7) is 0.746. The molecule has 1 aromatic carbocycles. The second kappa shape index (κ2) is 5.36. The molecule has 1 saturated carbocycles. The summed E-state index contributed by atoms with van der Waals surface area (Å²) in [5.41, 5.74) is 7.63. The Morgan fingerprint density at radius 2 is 2.15 bits per heavy atom. The van der Waals surface area contributed by atoms with Crippen molar-refractivity contribution in [2.75, 3.05) is 19.5 Å². The van der Waals surface area contributed by atoms with Crippen molar-refractivity contribution in [1.29, 1.82) is 0 Å². The highest BCUT2D eigenvalue weighted by molar-refractivity contribution is 9.10. The van der Waals surface area contributed by atoms with Crippen molar-refractivity contribution < 1.29 is 9.47 Å². The molecule has 3 rings (SSSR count). The van der Waals surface area contributed by atoms with Crippen molar-refractivity contribution in [1.82, 2.24) is 10.2 Å². The molecule has 5 nitrogen and oxygen atoms in total. The highest BCUT2D eigenvalue weighted by Gasteiger charge is 2.23. The van der Waals surface area contributed by atoms with Gasteiger partial charge in [-0.15, -0.1) is 0 Å². The molecular weight excluding hydrogens is 322 g/mol. The minimum absolute atomic E-state index is 0.527. The van der Waals surface area contributed by atoms with E-state index in [0.717, 1.165) is 28.0 Å². The molecule has 0 bridgehead atoms. The van der Waals surface area contributed by atoms with Crippen LogP contribution >= 0.6 is 15.9 Å². The zero-order valence-electron chi connectivity index (χ0n) is 11.1. The maximum Gasteiger partial charge on any atom is 0.162 e. The number of halogens is 1. The van der Waals surface area contributed by atoms with Crippen molar-refractivity contribution in [3.05, 3.63) is 22.8 Å². The van der Waals surface area contributed by atoms with Gasteiger partial charge >= 0.3 is 0 Å². The number of H-pyrrole nitrogens is 1. The van der Waals surface area contributed by atoms with E-state index in [4.69, 9.17) is 15.2 Å². The van der Waals surface area contributed by atoms with E-state index in [1.807, 2.05) is 12.1 Å². The zero-order valence-corrected chi connectivity index (χ0v) is 12.7. The standard InChI is InChI=1S/C14H16BrN3O2/c1-19-12-4-9(10-6-17-18-14(10)16)11(15)5-13(12)20-7-8-2-3-8/h4-6,8H,2-3,7H2,1H3,(H3,16,17,18). The Hall–Kier alpha value is -1.69. The smallest absolute Gasteiger partial charge is 0.162 e. The maximum atomic E-state index is 5.87. The number of rotatable bonds is 5. The number of benzene rings is 1. The fraction of sp³-hybridized carbons (Fsp3) is 0.357. The van der Waals surface area contributed by atoms with Gasteiger partial charge in [0, 0.05) is 15.6 Å². The monoisotopic (exact) mass is 337 g/mol. The van der Waals surface area contributed by atoms with Gasteiger partial charge in [0.25, 0.3) is 0 Å². The summed E-state index contributed by atoms with van der Waals surface area (Å²) in [7, 11) is 1.63. The normalized spacial score (nSPS) is 14.3. The third kappa shape index (κ3) is 2.60. The van der Waals surface area contributed by atoms with Crippen molar-refractivity contribution in [3.8, 4) is 22.6 Å². The number of nitrogens with two attached hydrogens (primary N) is 1. The van der Waals surface area contributed by atoms with Gasteiger partial charge < -0.3 is 15.2 Å². The molecule has 0 spiro atoms. The first kappa shape index (κ1) is 13.3. The summed E-state index contributed by atoms with van der Waals surface area (Å²) in [4.78, 5) is 0. The summed E-state index contributed by atoms with van der Waals surface area (Å²) in [6.07, 6.45) is 4.21. The van der Waals surface area contributed by atoms with Crippen LogP contribution < -0.4 is 15.2 Å². The number of hydrogen-bond acceptors (Lipinski definition) is 4. The topological polar surface area (TPSA) is 73.2 Å². The van der Waals surface area contributed by atoms with Gasteiger partial charge in [0.2, 0.25) is 0 Å². The van der Waals surface area contributed by atoms with E-state index in [2.05, 4.69) is 26.1 Å². The van der Waals surface area contributed by atoms with Crippen molar-refractivity contribution >= 4 is 21.7 Å². The molecule has 0 unspecified atom stereocenters. The quantitative estimate of drug-likeness (QED) is 0.878. The first-order chi connectivity index (χ1) is 9.69. The second-order valence-electron chi connectivity index (χ2n) is 4.93. The molecule has 106 valence electrons. The lowest BCUT2D eigenvalue weighted by atomic mass is 10.1. The number of aromatic amines is 1. The molecule has 1 fully saturated rings. The minimum Gasteiger partial charge on any atom is -0.493 e. The van der Waals surface area contributed by atoms with Crippen LogP contribution in [0, 0.1) is 5.92 Å². The molecule has 1 aliphatic rings. The van der Waals surface area contributed by atoms with Gasteiger partial charge in [-0.2, -0.15) is 5.10 Å². The number of anilines is 1. The molecule has 3 N–H and O–H groups in total. The molecule has 0 aliphatic heterocycles. The number of aromatic nitrogens is 2. The van der Waals surface area contributed by atoms with Crippen LogP contribution in [0.25, 0.3) is 11.1 Å². The fourth-order valence-corrected chi connectivity index (χ4v) is 2.55. The number of ether oxygens (including phenoxy) is 2. The first-order valence-corrected chi connectivity index (χ1v) is 7.28. The fourth-order valence-electron chi connectivity index (χ4n) is 2.02. The van der Waals surface area contributed by atoms with Crippen LogP contribution in [-0.4, -0.2) is 23.9 Å². The Labute approximate surface area is 125 Å². The van der Waals surface area contributed by atoms with Crippen LogP contribution in [0.5, 0.6) is 11.5 Å². The number of nitrogens with zero attached hydrogens (tertiary/aromatic N) is 1. The van der Waals surface area contributed by atoms with Crippen LogP contribution in [0.3, 0.4) is 0 Å². The van der Waals surface area contributed by atoms with Gasteiger partial charge in [0.05, 0.1) is 19.9 Å². The lowest BCUT2D eigenvalue weighted by Gasteiger charge is -2.13. The predicted molar refractivity (Wildman–Crippen MR) is 80.9 cm³/mol. The van der Waals surface area contributed by atoms with Crippen LogP contribution in [0.15, 0.2) is 22.8 Å². The van der Waals surface area contributed by atoms with Gasteiger partial charge in [0.1, 0.15) is 5.82 Å². The highest BCUT2D eigenvalue weighted by atomic mass is 79.9. The van der Waals surface area contributed by atoms with Crippen LogP contribution in [-0.2, 0) is 0 Å². The van der Waals surface area contributed by atoms with Gasteiger partial charge in [0.15, 0.2) is 11.5 Å². The Morgan fingerprint density at radius 1 is 1.35 bits per heavy atom.